The van der Waals surface area contributed by atoms with Crippen LogP contribution < -0.4 is 5.32 Å². The van der Waals surface area contributed by atoms with Crippen molar-refractivity contribution in [1.29, 1.82) is 0 Å². The van der Waals surface area contributed by atoms with Crippen molar-refractivity contribution >= 4 is 17.5 Å². The van der Waals surface area contributed by atoms with E-state index in [1.165, 1.54) is 24.7 Å². The van der Waals surface area contributed by atoms with Gasteiger partial charge in [-0.15, -0.1) is 0 Å². The average Bonchev–Trinajstić information content (AvgIpc) is 2.95. The molecule has 0 bridgehead atoms. The van der Waals surface area contributed by atoms with Gasteiger partial charge < -0.3 is 15.0 Å². The molecule has 2 fully saturated rings. The quantitative estimate of drug-likeness (QED) is 0.463. The Kier molecular flexibility index (Phi) is 7.56. The van der Waals surface area contributed by atoms with Crippen molar-refractivity contribution in [2.45, 2.75) is 37.5 Å². The van der Waals surface area contributed by atoms with Crippen molar-refractivity contribution in [1.82, 2.24) is 19.9 Å². The van der Waals surface area contributed by atoms with Gasteiger partial charge >= 0.3 is 0 Å². The summed E-state index contributed by atoms with van der Waals surface area (Å²) in [7, 11) is 0. The van der Waals surface area contributed by atoms with E-state index < -0.39 is 35.3 Å². The highest BCUT2D eigenvalue weighted by Gasteiger charge is 2.37. The molecule has 8 nitrogen and oxygen atoms in total. The molecule has 2 aromatic heterocycles. The third-order valence-corrected chi connectivity index (χ3v) is 6.94. The normalized spacial score (nSPS) is 17.6. The van der Waals surface area contributed by atoms with Crippen LogP contribution in [0.25, 0.3) is 11.1 Å². The monoisotopic (exact) mass is 543 g/mol. The van der Waals surface area contributed by atoms with Crippen LogP contribution in [-0.4, -0.2) is 63.9 Å². The topological polar surface area (TPSA) is 97.3 Å². The highest BCUT2D eigenvalue weighted by Crippen LogP contribution is 2.44. The largest absolute Gasteiger partial charge is 0.378 e. The lowest BCUT2D eigenvalue weighted by molar-refractivity contribution is -0.0384. The summed E-state index contributed by atoms with van der Waals surface area (Å²) < 4.78 is 61.8. The Hall–Kier alpha value is -3.93. The average molecular weight is 544 g/mol. The molecule has 1 N–H and O–H groups in total. The molecule has 1 saturated carbocycles. The SMILES string of the molecule is O=C(Nc1c(-c2cc(F)ccc2F)ccnc1C1CCC(F)(F)CC1)c1cnc(C(=O)N2CCOCC2)nc1. The molecule has 5 rings (SSSR count). The molecule has 0 spiro atoms. The van der Waals surface area contributed by atoms with Crippen LogP contribution in [0.4, 0.5) is 23.2 Å². The zero-order valence-corrected chi connectivity index (χ0v) is 20.8. The molecule has 0 atom stereocenters. The molecule has 1 aliphatic heterocycles. The van der Waals surface area contributed by atoms with Gasteiger partial charge in [0.1, 0.15) is 11.6 Å². The number of benzene rings is 1. The van der Waals surface area contributed by atoms with Crippen molar-refractivity contribution in [3.8, 4) is 11.1 Å². The number of morpholine rings is 1. The van der Waals surface area contributed by atoms with E-state index in [1.807, 2.05) is 0 Å². The Labute approximate surface area is 221 Å². The summed E-state index contributed by atoms with van der Waals surface area (Å²) in [6.07, 6.45) is 3.28. The Morgan fingerprint density at radius 3 is 2.36 bits per heavy atom. The third kappa shape index (κ3) is 5.90. The number of ether oxygens (including phenoxy) is 1. The predicted octanol–water partition coefficient (Wildman–Crippen LogP) is 4.83. The fourth-order valence-electron chi connectivity index (χ4n) is 4.81. The van der Waals surface area contributed by atoms with Crippen LogP contribution in [0, 0.1) is 11.6 Å². The van der Waals surface area contributed by atoms with E-state index in [9.17, 15) is 27.2 Å². The number of hydrogen-bond donors (Lipinski definition) is 1. The number of carbonyl (C=O) groups is 2. The van der Waals surface area contributed by atoms with Crippen LogP contribution in [0.5, 0.6) is 0 Å². The van der Waals surface area contributed by atoms with Crippen molar-refractivity contribution in [2.75, 3.05) is 31.6 Å². The van der Waals surface area contributed by atoms with Gasteiger partial charge in [-0.1, -0.05) is 0 Å². The van der Waals surface area contributed by atoms with Gasteiger partial charge in [-0.3, -0.25) is 14.6 Å². The van der Waals surface area contributed by atoms with Crippen molar-refractivity contribution in [3.63, 3.8) is 0 Å². The van der Waals surface area contributed by atoms with Crippen LogP contribution in [0.1, 0.15) is 58.3 Å². The lowest BCUT2D eigenvalue weighted by Gasteiger charge is -2.29. The summed E-state index contributed by atoms with van der Waals surface area (Å²) in [6, 6.07) is 4.36. The summed E-state index contributed by atoms with van der Waals surface area (Å²) in [6.45, 7) is 1.63. The van der Waals surface area contributed by atoms with E-state index in [0.29, 0.717) is 32.0 Å². The number of halogens is 4. The minimum Gasteiger partial charge on any atom is -0.378 e. The number of pyridine rings is 1. The second kappa shape index (κ2) is 11.0. The van der Waals surface area contributed by atoms with Crippen molar-refractivity contribution in [2.24, 2.45) is 0 Å². The number of alkyl halides is 2. The second-order valence-corrected chi connectivity index (χ2v) is 9.53. The summed E-state index contributed by atoms with van der Waals surface area (Å²) in [5.41, 5.74) is 0.445. The van der Waals surface area contributed by atoms with Crippen LogP contribution in [-0.2, 0) is 4.74 Å². The summed E-state index contributed by atoms with van der Waals surface area (Å²) in [5, 5.41) is 2.70. The number of anilines is 1. The van der Waals surface area contributed by atoms with Gasteiger partial charge in [-0.2, -0.15) is 0 Å². The zero-order valence-electron chi connectivity index (χ0n) is 20.8. The van der Waals surface area contributed by atoms with Crippen molar-refractivity contribution in [3.05, 3.63) is 71.6 Å². The second-order valence-electron chi connectivity index (χ2n) is 9.53. The fraction of sp³-hybridized carbons (Fsp3) is 0.370. The van der Waals surface area contributed by atoms with E-state index in [0.717, 1.165) is 18.2 Å². The lowest BCUT2D eigenvalue weighted by atomic mass is 9.83. The van der Waals surface area contributed by atoms with E-state index >= 15 is 0 Å². The molecule has 1 aromatic carbocycles. The van der Waals surface area contributed by atoms with Gasteiger partial charge in [-0.05, 0) is 37.1 Å². The van der Waals surface area contributed by atoms with E-state index in [-0.39, 0.29) is 53.9 Å². The standard InChI is InChI=1S/C27H25F4N5O3/c28-18-1-2-21(29)20(13-18)19-5-8-32-22(16-3-6-27(30,31)7-4-16)23(19)35-25(37)17-14-33-24(34-15-17)26(38)36-9-11-39-12-10-36/h1-2,5,8,13-16H,3-4,6-7,9-12H2,(H,35,37). The first kappa shape index (κ1) is 26.7. The third-order valence-electron chi connectivity index (χ3n) is 6.94. The molecule has 3 aromatic rings. The number of amides is 2. The minimum absolute atomic E-state index is 0.00386. The van der Waals surface area contributed by atoms with Gasteiger partial charge in [0.2, 0.25) is 11.7 Å². The summed E-state index contributed by atoms with van der Waals surface area (Å²) >= 11 is 0. The summed E-state index contributed by atoms with van der Waals surface area (Å²) in [4.78, 5) is 39.9. The lowest BCUT2D eigenvalue weighted by Crippen LogP contribution is -2.41. The van der Waals surface area contributed by atoms with E-state index in [2.05, 4.69) is 20.3 Å². The number of carbonyl (C=O) groups excluding carboxylic acids is 2. The van der Waals surface area contributed by atoms with Crippen LogP contribution in [0.15, 0.2) is 42.9 Å². The molecule has 0 radical (unpaired) electrons. The first-order valence-corrected chi connectivity index (χ1v) is 12.5. The zero-order chi connectivity index (χ0) is 27.6. The van der Waals surface area contributed by atoms with Crippen LogP contribution >= 0.6 is 0 Å². The summed E-state index contributed by atoms with van der Waals surface area (Å²) in [5.74, 6) is -5.79. The maximum atomic E-state index is 14.8. The molecule has 204 valence electrons. The van der Waals surface area contributed by atoms with Crippen molar-refractivity contribution < 1.29 is 31.9 Å². The molecule has 1 saturated heterocycles. The molecule has 12 heteroatoms. The molecular weight excluding hydrogens is 518 g/mol. The smallest absolute Gasteiger partial charge is 0.291 e. The van der Waals surface area contributed by atoms with Gasteiger partial charge in [0.05, 0.1) is 30.2 Å². The Morgan fingerprint density at radius 2 is 1.67 bits per heavy atom. The molecule has 39 heavy (non-hydrogen) atoms. The van der Waals surface area contributed by atoms with Gasteiger partial charge in [0.15, 0.2) is 0 Å². The van der Waals surface area contributed by atoms with Gasteiger partial charge in [0.25, 0.3) is 11.8 Å². The van der Waals surface area contributed by atoms with Crippen LogP contribution in [0.3, 0.4) is 0 Å². The Balaban J connectivity index is 1.46. The number of hydrogen-bond acceptors (Lipinski definition) is 6. The number of nitrogens with one attached hydrogen (secondary N) is 1. The Morgan fingerprint density at radius 1 is 0.974 bits per heavy atom. The van der Waals surface area contributed by atoms with E-state index in [1.54, 1.807) is 4.90 Å². The van der Waals surface area contributed by atoms with Crippen LogP contribution in [0.2, 0.25) is 0 Å². The van der Waals surface area contributed by atoms with Gasteiger partial charge in [-0.25, -0.2) is 27.5 Å². The molecule has 1 aliphatic carbocycles. The highest BCUT2D eigenvalue weighted by molar-refractivity contribution is 6.06. The maximum Gasteiger partial charge on any atom is 0.291 e. The highest BCUT2D eigenvalue weighted by atomic mass is 19.3. The van der Waals surface area contributed by atoms with E-state index in [4.69, 9.17) is 4.74 Å². The Bertz CT molecular complexity index is 1370. The number of nitrogens with zero attached hydrogens (tertiary/aromatic N) is 4. The first-order chi connectivity index (χ1) is 18.7. The predicted molar refractivity (Wildman–Crippen MR) is 132 cm³/mol. The molecule has 2 amide bonds. The molecule has 2 aliphatic rings. The minimum atomic E-state index is -2.79. The molecule has 0 unspecified atom stereocenters. The number of rotatable bonds is 5. The first-order valence-electron chi connectivity index (χ1n) is 12.5. The fourth-order valence-corrected chi connectivity index (χ4v) is 4.81. The number of aromatic nitrogens is 3. The van der Waals surface area contributed by atoms with Gasteiger partial charge in [0, 0.05) is 61.6 Å². The maximum absolute atomic E-state index is 14.8. The molecular formula is C27H25F4N5O3. The molecule has 3 heterocycles.